The van der Waals surface area contributed by atoms with E-state index in [2.05, 4.69) is 125 Å². The normalized spacial score (nSPS) is 20.8. The molecule has 0 heterocycles. The summed E-state index contributed by atoms with van der Waals surface area (Å²) in [5, 5.41) is 0. The average molecular weight is 653 g/mol. The molecule has 48 heavy (non-hydrogen) atoms. The van der Waals surface area contributed by atoms with Crippen LogP contribution in [0.2, 0.25) is 0 Å². The highest BCUT2D eigenvalue weighted by Crippen LogP contribution is 2.60. The summed E-state index contributed by atoms with van der Waals surface area (Å²) in [5.74, 6) is 0.422. The molecule has 0 N–H and O–H groups in total. The van der Waals surface area contributed by atoms with Crippen LogP contribution in [-0.4, -0.2) is 0 Å². The number of hydrogen-bond donors (Lipinski definition) is 0. The Kier molecular flexibility index (Phi) is 21.3. The molecule has 0 aromatic heterocycles. The van der Waals surface area contributed by atoms with Crippen molar-refractivity contribution in [3.8, 4) is 0 Å². The first kappa shape index (κ1) is 47.0. The van der Waals surface area contributed by atoms with Gasteiger partial charge in [0.2, 0.25) is 0 Å². The van der Waals surface area contributed by atoms with Crippen molar-refractivity contribution in [2.24, 2.45) is 16.7 Å². The summed E-state index contributed by atoms with van der Waals surface area (Å²) in [4.78, 5) is 0. The molecule has 1 unspecified atom stereocenters. The van der Waals surface area contributed by atoms with Gasteiger partial charge < -0.3 is 0 Å². The van der Waals surface area contributed by atoms with Gasteiger partial charge in [-0.05, 0) is 109 Å². The molecule has 0 saturated heterocycles. The molecule has 0 aromatic rings. The van der Waals surface area contributed by atoms with Crippen LogP contribution in [0.1, 0.15) is 143 Å². The van der Waals surface area contributed by atoms with E-state index in [0.29, 0.717) is 5.92 Å². The second-order valence-corrected chi connectivity index (χ2v) is 13.4. The zero-order valence-corrected chi connectivity index (χ0v) is 33.6. The summed E-state index contributed by atoms with van der Waals surface area (Å²) in [6.45, 7) is 50.1. The van der Waals surface area contributed by atoms with Crippen molar-refractivity contribution in [3.63, 3.8) is 0 Å². The Morgan fingerprint density at radius 3 is 1.62 bits per heavy atom. The Labute approximate surface area is 301 Å². The van der Waals surface area contributed by atoms with Crippen molar-refractivity contribution in [3.05, 3.63) is 142 Å². The summed E-state index contributed by atoms with van der Waals surface area (Å²) in [6.07, 6.45) is 23.8. The fraction of sp³-hybridized carbons (Fsp3) is 0.500. The first-order valence-corrected chi connectivity index (χ1v) is 18.5. The van der Waals surface area contributed by atoms with Gasteiger partial charge in [-0.25, -0.2) is 0 Å². The largest absolute Gasteiger partial charge is 0.0987 e. The Balaban J connectivity index is 0. The fourth-order valence-electron chi connectivity index (χ4n) is 5.84. The highest BCUT2D eigenvalue weighted by atomic mass is 14.5. The predicted octanol–water partition coefficient (Wildman–Crippen LogP) is 16.1. The quantitative estimate of drug-likeness (QED) is 0.195. The van der Waals surface area contributed by atoms with Gasteiger partial charge >= 0.3 is 0 Å². The molecular weight excluding hydrogens is 577 g/mol. The van der Waals surface area contributed by atoms with Crippen molar-refractivity contribution in [1.29, 1.82) is 0 Å². The summed E-state index contributed by atoms with van der Waals surface area (Å²) in [7, 11) is 0. The molecule has 0 bridgehead atoms. The summed E-state index contributed by atoms with van der Waals surface area (Å²) < 4.78 is 0. The van der Waals surface area contributed by atoms with Gasteiger partial charge in [0.1, 0.15) is 0 Å². The summed E-state index contributed by atoms with van der Waals surface area (Å²) in [6, 6.07) is 0. The third kappa shape index (κ3) is 10.2. The molecule has 1 saturated carbocycles. The maximum absolute atomic E-state index is 4.48. The molecule has 0 aromatic carbocycles. The van der Waals surface area contributed by atoms with E-state index < -0.39 is 5.41 Å². The maximum atomic E-state index is 4.48. The third-order valence-electron chi connectivity index (χ3n) is 9.55. The second-order valence-electron chi connectivity index (χ2n) is 13.4. The monoisotopic (exact) mass is 653 g/mol. The molecule has 1 atom stereocenters. The van der Waals surface area contributed by atoms with Crippen molar-refractivity contribution in [1.82, 2.24) is 0 Å². The topological polar surface area (TPSA) is 0 Å². The Morgan fingerprint density at radius 2 is 1.31 bits per heavy atom. The minimum Gasteiger partial charge on any atom is -0.0987 e. The van der Waals surface area contributed by atoms with Crippen molar-refractivity contribution < 1.29 is 0 Å². The van der Waals surface area contributed by atoms with Gasteiger partial charge in [-0.2, -0.15) is 0 Å². The van der Waals surface area contributed by atoms with Crippen molar-refractivity contribution in [2.45, 2.75) is 143 Å². The minimum atomic E-state index is -0.556. The number of hydrogen-bond acceptors (Lipinski definition) is 0. The van der Waals surface area contributed by atoms with E-state index in [0.717, 1.165) is 36.8 Å². The average Bonchev–Trinajstić information content (AvgIpc) is 3.32. The zero-order chi connectivity index (χ0) is 36.7. The van der Waals surface area contributed by atoms with Crippen LogP contribution >= 0.6 is 0 Å². The molecular formula is C48H76. The molecule has 3 aliphatic rings. The molecule has 1 fully saturated rings. The lowest BCUT2D eigenvalue weighted by Gasteiger charge is -2.40. The highest BCUT2D eigenvalue weighted by Gasteiger charge is 2.48. The van der Waals surface area contributed by atoms with Crippen molar-refractivity contribution >= 4 is 0 Å². The van der Waals surface area contributed by atoms with Crippen molar-refractivity contribution in [2.75, 3.05) is 0 Å². The summed E-state index contributed by atoms with van der Waals surface area (Å²) in [5.41, 5.74) is 15.0. The van der Waals surface area contributed by atoms with Crippen LogP contribution in [0.5, 0.6) is 0 Å². The third-order valence-corrected chi connectivity index (χ3v) is 9.55. The van der Waals surface area contributed by atoms with E-state index in [4.69, 9.17) is 0 Å². The zero-order valence-electron chi connectivity index (χ0n) is 33.6. The predicted molar refractivity (Wildman–Crippen MR) is 225 cm³/mol. The number of allylic oxidation sites excluding steroid dienone is 20. The van der Waals surface area contributed by atoms with Crippen LogP contribution < -0.4 is 0 Å². The molecule has 0 spiro atoms. The maximum Gasteiger partial charge on any atom is 0.0710 e. The van der Waals surface area contributed by atoms with Crippen LogP contribution in [-0.2, 0) is 0 Å². The smallest absolute Gasteiger partial charge is 0.0710 e. The molecule has 268 valence electrons. The first-order valence-electron chi connectivity index (χ1n) is 18.5. The van der Waals surface area contributed by atoms with E-state index in [1.54, 1.807) is 0 Å². The van der Waals surface area contributed by atoms with Gasteiger partial charge in [0.05, 0.1) is 5.41 Å². The Morgan fingerprint density at radius 1 is 0.792 bits per heavy atom. The second kappa shape index (κ2) is 21.8. The van der Waals surface area contributed by atoms with E-state index in [1.165, 1.54) is 62.2 Å². The van der Waals surface area contributed by atoms with Crippen LogP contribution in [0.25, 0.3) is 0 Å². The summed E-state index contributed by atoms with van der Waals surface area (Å²) >= 11 is 0. The van der Waals surface area contributed by atoms with Gasteiger partial charge in [-0.15, -0.1) is 0 Å². The van der Waals surface area contributed by atoms with Crippen LogP contribution in [0.4, 0.5) is 0 Å². The van der Waals surface area contributed by atoms with E-state index >= 15 is 0 Å². The molecule has 0 amide bonds. The van der Waals surface area contributed by atoms with Gasteiger partial charge in [0, 0.05) is 0 Å². The Bertz CT molecular complexity index is 1380. The van der Waals surface area contributed by atoms with E-state index in [-0.39, 0.29) is 12.8 Å². The van der Waals surface area contributed by atoms with Gasteiger partial charge in [0.25, 0.3) is 0 Å². The Hall–Kier alpha value is -3.12. The highest BCUT2D eigenvalue weighted by molar-refractivity contribution is 5.77. The van der Waals surface area contributed by atoms with Crippen LogP contribution in [0, 0.1) is 16.7 Å². The lowest BCUT2D eigenvalue weighted by atomic mass is 9.62. The molecule has 0 nitrogen and oxygen atoms in total. The van der Waals surface area contributed by atoms with E-state index in [1.807, 2.05) is 53.7 Å². The van der Waals surface area contributed by atoms with Crippen LogP contribution in [0.15, 0.2) is 142 Å². The minimum absolute atomic E-state index is 0. The molecule has 3 rings (SSSR count). The van der Waals surface area contributed by atoms with Gasteiger partial charge in [-0.1, -0.05) is 188 Å². The van der Waals surface area contributed by atoms with E-state index in [9.17, 15) is 0 Å². The molecule has 3 aliphatic carbocycles. The van der Waals surface area contributed by atoms with Gasteiger partial charge in [-0.3, -0.25) is 0 Å². The SMILES string of the molecule is C.C=CC1=C(/C=C(\C)C(C)C)C(/C(C=C)=C/C2=C(C)CC2)(C(/C=C2/CCC2=C)=C/CC)C(/C=C(\C)C(C)(C)C)=C1C=C.CC.CC.CC. The lowest BCUT2D eigenvalue weighted by molar-refractivity contribution is 0.501. The molecule has 0 heteroatoms. The van der Waals surface area contributed by atoms with Crippen LogP contribution in [0.3, 0.4) is 0 Å². The molecule has 0 radical (unpaired) electrons. The molecule has 0 aliphatic heterocycles. The number of rotatable bonds is 11. The van der Waals surface area contributed by atoms with Gasteiger partial charge in [0.15, 0.2) is 0 Å². The lowest BCUT2D eigenvalue weighted by Crippen LogP contribution is -2.29. The fourth-order valence-corrected chi connectivity index (χ4v) is 5.84. The standard InChI is InChI=1S/C41H54.3C2H6.CH4/c1-14-18-35(26-33-22-20-29(33)8)41(34(15-2)25-32-21-19-28(32)7)38(23-30(9)27(5)6)36(16-3)37(17-4)39(41)24-31(10)40(11,12)13;3*1-2;/h15-18,23-27H,2-4,8,14,19-22H2,1,5-7,9-13H3;3*1-2H3;1H4/b30-23+,31-24+,33-26-,34-25+,35-18+;;;;. The first-order chi connectivity index (χ1) is 22.3.